The number of sulfonamides is 1. The fraction of sp³-hybridized carbons (Fsp3) is 0.529. The first kappa shape index (κ1) is 19.4. The van der Waals surface area contributed by atoms with E-state index in [1.54, 1.807) is 20.8 Å². The molecule has 8 heteroatoms. The Bertz CT molecular complexity index is 731. The lowest BCUT2D eigenvalue weighted by molar-refractivity contribution is -0.142. The molecule has 1 aliphatic rings. The minimum Gasteiger partial charge on any atom is -0.464 e. The van der Waals surface area contributed by atoms with Crippen LogP contribution in [0.5, 0.6) is 0 Å². The van der Waals surface area contributed by atoms with Crippen LogP contribution in [0.15, 0.2) is 29.2 Å². The van der Waals surface area contributed by atoms with Gasteiger partial charge in [0.05, 0.1) is 11.5 Å². The van der Waals surface area contributed by atoms with E-state index in [1.165, 1.54) is 24.3 Å². The molecule has 2 rings (SSSR count). The van der Waals surface area contributed by atoms with E-state index in [1.807, 2.05) is 0 Å². The standard InChI is InChI=1S/C17H24N2O5S/c1-17(2,3)19-25(22,23)14-8-6-13(7-9-14)16(21)18-10-15(20)24-11-12-4-5-12/h6-9,12,19H,4-5,10-11H2,1-3H3,(H,18,21). The topological polar surface area (TPSA) is 102 Å². The summed E-state index contributed by atoms with van der Waals surface area (Å²) in [7, 11) is -3.65. The first-order chi connectivity index (χ1) is 11.6. The summed E-state index contributed by atoms with van der Waals surface area (Å²) in [6.07, 6.45) is 2.16. The van der Waals surface area contributed by atoms with Gasteiger partial charge in [0.25, 0.3) is 5.91 Å². The van der Waals surface area contributed by atoms with Crippen molar-refractivity contribution in [2.75, 3.05) is 13.2 Å². The molecule has 0 aliphatic heterocycles. The minimum atomic E-state index is -3.65. The SMILES string of the molecule is CC(C)(C)NS(=O)(=O)c1ccc(C(=O)NCC(=O)OCC2CC2)cc1. The van der Waals surface area contributed by atoms with E-state index in [0.717, 1.165) is 12.8 Å². The van der Waals surface area contributed by atoms with Crippen LogP contribution in [0.2, 0.25) is 0 Å². The monoisotopic (exact) mass is 368 g/mol. The van der Waals surface area contributed by atoms with Crippen molar-refractivity contribution >= 4 is 21.9 Å². The smallest absolute Gasteiger partial charge is 0.325 e. The van der Waals surface area contributed by atoms with E-state index < -0.39 is 27.4 Å². The average Bonchev–Trinajstić information content (AvgIpc) is 3.32. The molecule has 0 unspecified atom stereocenters. The number of nitrogens with one attached hydrogen (secondary N) is 2. The number of carbonyl (C=O) groups is 2. The molecule has 1 aromatic rings. The molecule has 0 radical (unpaired) electrons. The van der Waals surface area contributed by atoms with Crippen LogP contribution in [0.4, 0.5) is 0 Å². The summed E-state index contributed by atoms with van der Waals surface area (Å²) in [5, 5.41) is 2.46. The number of carbonyl (C=O) groups excluding carboxylic acids is 2. The molecule has 0 aromatic heterocycles. The van der Waals surface area contributed by atoms with Gasteiger partial charge in [0.1, 0.15) is 6.54 Å². The molecule has 2 N–H and O–H groups in total. The normalized spacial score (nSPS) is 14.8. The lowest BCUT2D eigenvalue weighted by Crippen LogP contribution is -2.40. The maximum atomic E-state index is 12.2. The molecule has 0 bridgehead atoms. The van der Waals surface area contributed by atoms with Crippen molar-refractivity contribution in [3.05, 3.63) is 29.8 Å². The molecule has 138 valence electrons. The Kier molecular flexibility index (Phi) is 5.84. The molecule has 1 amide bonds. The summed E-state index contributed by atoms with van der Waals surface area (Å²) in [5.74, 6) is -0.472. The van der Waals surface area contributed by atoms with Gasteiger partial charge in [-0.05, 0) is 63.8 Å². The first-order valence-corrected chi connectivity index (χ1v) is 9.63. The number of benzene rings is 1. The molecule has 1 fully saturated rings. The Morgan fingerprint density at radius 2 is 1.76 bits per heavy atom. The van der Waals surface area contributed by atoms with Gasteiger partial charge in [-0.2, -0.15) is 0 Å². The summed E-state index contributed by atoms with van der Waals surface area (Å²) in [4.78, 5) is 23.6. The highest BCUT2D eigenvalue weighted by molar-refractivity contribution is 7.89. The molecule has 1 saturated carbocycles. The van der Waals surface area contributed by atoms with Gasteiger partial charge in [0.15, 0.2) is 0 Å². The summed E-state index contributed by atoms with van der Waals surface area (Å²) in [6.45, 7) is 5.43. The van der Waals surface area contributed by atoms with Gasteiger partial charge in [-0.15, -0.1) is 0 Å². The van der Waals surface area contributed by atoms with Crippen LogP contribution in [0.25, 0.3) is 0 Å². The van der Waals surface area contributed by atoms with Crippen molar-refractivity contribution < 1.29 is 22.7 Å². The molecular weight excluding hydrogens is 344 g/mol. The van der Waals surface area contributed by atoms with Gasteiger partial charge < -0.3 is 10.1 Å². The predicted octanol–water partition coefficient (Wildman–Crippen LogP) is 1.45. The van der Waals surface area contributed by atoms with E-state index in [0.29, 0.717) is 12.5 Å². The second-order valence-electron chi connectivity index (χ2n) is 7.19. The largest absolute Gasteiger partial charge is 0.464 e. The lowest BCUT2D eigenvalue weighted by atomic mass is 10.1. The van der Waals surface area contributed by atoms with Crippen LogP contribution in [0, 0.1) is 5.92 Å². The van der Waals surface area contributed by atoms with Crippen molar-refractivity contribution in [3.63, 3.8) is 0 Å². The molecule has 0 heterocycles. The highest BCUT2D eigenvalue weighted by Gasteiger charge is 2.23. The molecule has 0 spiro atoms. The number of amides is 1. The summed E-state index contributed by atoms with van der Waals surface area (Å²) < 4.78 is 32.0. The summed E-state index contributed by atoms with van der Waals surface area (Å²) in [5.41, 5.74) is -0.333. The van der Waals surface area contributed by atoms with Gasteiger partial charge in [0, 0.05) is 11.1 Å². The van der Waals surface area contributed by atoms with E-state index in [-0.39, 0.29) is 17.0 Å². The second-order valence-corrected chi connectivity index (χ2v) is 8.87. The fourth-order valence-electron chi connectivity index (χ4n) is 2.05. The predicted molar refractivity (Wildman–Crippen MR) is 92.5 cm³/mol. The Morgan fingerprint density at radius 1 is 1.16 bits per heavy atom. The highest BCUT2D eigenvalue weighted by atomic mass is 32.2. The fourth-order valence-corrected chi connectivity index (χ4v) is 3.47. The van der Waals surface area contributed by atoms with Crippen molar-refractivity contribution in [1.82, 2.24) is 10.0 Å². The van der Waals surface area contributed by atoms with E-state index in [4.69, 9.17) is 4.74 Å². The first-order valence-electron chi connectivity index (χ1n) is 8.15. The number of esters is 1. The molecular formula is C17H24N2O5S. The number of hydrogen-bond acceptors (Lipinski definition) is 5. The quantitative estimate of drug-likeness (QED) is 0.709. The van der Waals surface area contributed by atoms with Crippen LogP contribution in [0.1, 0.15) is 44.0 Å². The molecule has 1 aliphatic carbocycles. The zero-order chi connectivity index (χ0) is 18.7. The third-order valence-corrected chi connectivity index (χ3v) is 5.21. The zero-order valence-electron chi connectivity index (χ0n) is 14.7. The minimum absolute atomic E-state index is 0.0721. The van der Waals surface area contributed by atoms with Crippen molar-refractivity contribution in [2.45, 2.75) is 44.0 Å². The molecule has 0 atom stereocenters. The van der Waals surface area contributed by atoms with Crippen LogP contribution in [0.3, 0.4) is 0 Å². The summed E-state index contributed by atoms with van der Waals surface area (Å²) >= 11 is 0. The van der Waals surface area contributed by atoms with Gasteiger partial charge >= 0.3 is 5.97 Å². The summed E-state index contributed by atoms with van der Waals surface area (Å²) in [6, 6.07) is 5.52. The maximum Gasteiger partial charge on any atom is 0.325 e. The maximum absolute atomic E-state index is 12.2. The Labute approximate surface area is 148 Å². The highest BCUT2D eigenvalue weighted by Crippen LogP contribution is 2.28. The van der Waals surface area contributed by atoms with Crippen LogP contribution >= 0.6 is 0 Å². The van der Waals surface area contributed by atoms with E-state index >= 15 is 0 Å². The third-order valence-electron chi connectivity index (χ3n) is 3.44. The Morgan fingerprint density at radius 3 is 2.28 bits per heavy atom. The Balaban J connectivity index is 1.89. The Hall–Kier alpha value is -1.93. The van der Waals surface area contributed by atoms with Crippen molar-refractivity contribution in [2.24, 2.45) is 5.92 Å². The van der Waals surface area contributed by atoms with E-state index in [2.05, 4.69) is 10.0 Å². The van der Waals surface area contributed by atoms with Gasteiger partial charge in [0.2, 0.25) is 10.0 Å². The van der Waals surface area contributed by atoms with E-state index in [9.17, 15) is 18.0 Å². The van der Waals surface area contributed by atoms with Gasteiger partial charge in [-0.25, -0.2) is 13.1 Å². The van der Waals surface area contributed by atoms with Crippen LogP contribution < -0.4 is 10.0 Å². The number of hydrogen-bond donors (Lipinski definition) is 2. The number of ether oxygens (including phenoxy) is 1. The van der Waals surface area contributed by atoms with Crippen molar-refractivity contribution in [1.29, 1.82) is 0 Å². The third kappa shape index (κ3) is 6.47. The molecule has 25 heavy (non-hydrogen) atoms. The zero-order valence-corrected chi connectivity index (χ0v) is 15.5. The van der Waals surface area contributed by atoms with Gasteiger partial charge in [-0.1, -0.05) is 0 Å². The second kappa shape index (κ2) is 7.53. The van der Waals surface area contributed by atoms with Gasteiger partial charge in [-0.3, -0.25) is 9.59 Å². The molecule has 7 nitrogen and oxygen atoms in total. The lowest BCUT2D eigenvalue weighted by Gasteiger charge is -2.20. The number of rotatable bonds is 7. The molecule has 0 saturated heterocycles. The van der Waals surface area contributed by atoms with Crippen LogP contribution in [-0.2, 0) is 19.6 Å². The van der Waals surface area contributed by atoms with Crippen LogP contribution in [-0.4, -0.2) is 39.0 Å². The average molecular weight is 368 g/mol. The molecule has 1 aromatic carbocycles. The van der Waals surface area contributed by atoms with Crippen molar-refractivity contribution in [3.8, 4) is 0 Å².